The van der Waals surface area contributed by atoms with Crippen LogP contribution in [0.2, 0.25) is 0 Å². The first-order valence-corrected chi connectivity index (χ1v) is 5.93. The molecular weight excluding hydrogens is 242 g/mol. The summed E-state index contributed by atoms with van der Waals surface area (Å²) in [5.74, 6) is 1.40. The van der Waals surface area contributed by atoms with E-state index in [4.69, 9.17) is 4.42 Å². The molecule has 3 rings (SSSR count). The third-order valence-corrected chi connectivity index (χ3v) is 2.94. The number of nitrogens with one attached hydrogen (secondary N) is 1. The number of fused-ring (bicyclic) bond motifs is 1. The Kier molecular flexibility index (Phi) is 2.59. The van der Waals surface area contributed by atoms with Crippen molar-refractivity contribution in [2.45, 2.75) is 6.92 Å². The minimum Gasteiger partial charge on any atom is -0.461 e. The largest absolute Gasteiger partial charge is 0.461 e. The fourth-order valence-corrected chi connectivity index (χ4v) is 2.10. The molecule has 0 spiro atoms. The molecule has 0 aliphatic carbocycles. The smallest absolute Gasteiger partial charge is 0.221 e. The standard InChI is InChI=1S/C14H13N3O2/c1-9(18)15-10-5-6-11-12(8-10)17(2)14(16-11)13-4-3-7-19-13/h3-8H,1-2H3,(H,15,18). The molecule has 0 bridgehead atoms. The van der Waals surface area contributed by atoms with Crippen molar-refractivity contribution in [3.63, 3.8) is 0 Å². The van der Waals surface area contributed by atoms with Gasteiger partial charge in [0.1, 0.15) is 0 Å². The molecule has 5 heteroatoms. The van der Waals surface area contributed by atoms with E-state index in [-0.39, 0.29) is 5.91 Å². The Morgan fingerprint density at radius 3 is 2.89 bits per heavy atom. The zero-order chi connectivity index (χ0) is 13.4. The number of furan rings is 1. The number of amides is 1. The zero-order valence-electron chi connectivity index (χ0n) is 10.7. The number of carbonyl (C=O) groups is 1. The van der Waals surface area contributed by atoms with E-state index in [0.29, 0.717) is 0 Å². The molecule has 1 aromatic carbocycles. The number of benzene rings is 1. The Hall–Kier alpha value is -2.56. The van der Waals surface area contributed by atoms with Crippen LogP contribution >= 0.6 is 0 Å². The normalized spacial score (nSPS) is 10.8. The van der Waals surface area contributed by atoms with Gasteiger partial charge in [-0.2, -0.15) is 0 Å². The Labute approximate surface area is 109 Å². The second-order valence-electron chi connectivity index (χ2n) is 4.36. The fraction of sp³-hybridized carbons (Fsp3) is 0.143. The molecule has 3 aromatic rings. The number of anilines is 1. The molecule has 96 valence electrons. The maximum Gasteiger partial charge on any atom is 0.221 e. The minimum atomic E-state index is -0.0900. The molecular formula is C14H13N3O2. The van der Waals surface area contributed by atoms with E-state index in [0.717, 1.165) is 28.3 Å². The van der Waals surface area contributed by atoms with Crippen LogP contribution in [0.4, 0.5) is 5.69 Å². The lowest BCUT2D eigenvalue weighted by Gasteiger charge is -2.03. The molecule has 2 aromatic heterocycles. The average molecular weight is 255 g/mol. The van der Waals surface area contributed by atoms with Crippen molar-refractivity contribution in [2.24, 2.45) is 7.05 Å². The second-order valence-corrected chi connectivity index (χ2v) is 4.36. The molecule has 1 N–H and O–H groups in total. The van der Waals surface area contributed by atoms with E-state index in [1.54, 1.807) is 6.26 Å². The lowest BCUT2D eigenvalue weighted by Crippen LogP contribution is -2.05. The van der Waals surface area contributed by atoms with Crippen molar-refractivity contribution in [1.29, 1.82) is 0 Å². The van der Waals surface area contributed by atoms with Crippen LogP contribution in [0.25, 0.3) is 22.6 Å². The number of hydrogen-bond acceptors (Lipinski definition) is 3. The van der Waals surface area contributed by atoms with Gasteiger partial charge in [-0.3, -0.25) is 4.79 Å². The van der Waals surface area contributed by atoms with Crippen LogP contribution in [0, 0.1) is 0 Å². The van der Waals surface area contributed by atoms with E-state index in [9.17, 15) is 4.79 Å². The summed E-state index contributed by atoms with van der Waals surface area (Å²) in [6.07, 6.45) is 1.62. The predicted molar refractivity (Wildman–Crippen MR) is 72.7 cm³/mol. The number of carbonyl (C=O) groups excluding carboxylic acids is 1. The molecule has 0 radical (unpaired) electrons. The van der Waals surface area contributed by atoms with Crippen LogP contribution in [0.5, 0.6) is 0 Å². The van der Waals surface area contributed by atoms with E-state index in [2.05, 4.69) is 10.3 Å². The quantitative estimate of drug-likeness (QED) is 0.766. The lowest BCUT2D eigenvalue weighted by atomic mass is 10.2. The molecule has 2 heterocycles. The summed E-state index contributed by atoms with van der Waals surface area (Å²) in [4.78, 5) is 15.6. The maximum absolute atomic E-state index is 11.1. The number of aromatic nitrogens is 2. The van der Waals surface area contributed by atoms with Crippen molar-refractivity contribution in [2.75, 3.05) is 5.32 Å². The summed E-state index contributed by atoms with van der Waals surface area (Å²) in [6.45, 7) is 1.49. The van der Waals surface area contributed by atoms with Gasteiger partial charge in [-0.05, 0) is 30.3 Å². The number of aryl methyl sites for hydroxylation is 1. The summed E-state index contributed by atoms with van der Waals surface area (Å²) >= 11 is 0. The molecule has 0 saturated carbocycles. The average Bonchev–Trinajstić information content (AvgIpc) is 2.97. The van der Waals surface area contributed by atoms with Gasteiger partial charge < -0.3 is 14.3 Å². The van der Waals surface area contributed by atoms with Gasteiger partial charge >= 0.3 is 0 Å². The molecule has 1 amide bonds. The highest BCUT2D eigenvalue weighted by molar-refractivity contribution is 5.92. The van der Waals surface area contributed by atoms with Gasteiger partial charge in [-0.1, -0.05) is 0 Å². The predicted octanol–water partition coefficient (Wildman–Crippen LogP) is 2.79. The van der Waals surface area contributed by atoms with Crippen molar-refractivity contribution in [1.82, 2.24) is 9.55 Å². The molecule has 0 fully saturated rings. The summed E-state index contributed by atoms with van der Waals surface area (Å²) in [5, 5.41) is 2.76. The van der Waals surface area contributed by atoms with Gasteiger partial charge in [0, 0.05) is 19.7 Å². The number of hydrogen-bond donors (Lipinski definition) is 1. The zero-order valence-corrected chi connectivity index (χ0v) is 10.7. The van der Waals surface area contributed by atoms with Crippen molar-refractivity contribution >= 4 is 22.6 Å². The SMILES string of the molecule is CC(=O)Nc1ccc2nc(-c3ccco3)n(C)c2c1. The first-order valence-electron chi connectivity index (χ1n) is 5.93. The summed E-state index contributed by atoms with van der Waals surface area (Å²) in [7, 11) is 1.92. The maximum atomic E-state index is 11.1. The van der Waals surface area contributed by atoms with E-state index < -0.39 is 0 Å². The van der Waals surface area contributed by atoms with Crippen LogP contribution in [-0.4, -0.2) is 15.5 Å². The first-order chi connectivity index (χ1) is 9.15. The van der Waals surface area contributed by atoms with Gasteiger partial charge in [-0.15, -0.1) is 0 Å². The number of imidazole rings is 1. The molecule has 5 nitrogen and oxygen atoms in total. The number of nitrogens with zero attached hydrogens (tertiary/aromatic N) is 2. The topological polar surface area (TPSA) is 60.1 Å². The Morgan fingerprint density at radius 2 is 2.21 bits per heavy atom. The third kappa shape index (κ3) is 1.99. The van der Waals surface area contributed by atoms with Crippen LogP contribution in [0.3, 0.4) is 0 Å². The van der Waals surface area contributed by atoms with Crippen LogP contribution in [0.1, 0.15) is 6.92 Å². The summed E-state index contributed by atoms with van der Waals surface area (Å²) in [5.41, 5.74) is 2.56. The molecule has 0 aliphatic rings. The Morgan fingerprint density at radius 1 is 1.37 bits per heavy atom. The monoisotopic (exact) mass is 255 g/mol. The highest BCUT2D eigenvalue weighted by Crippen LogP contribution is 2.25. The fourth-order valence-electron chi connectivity index (χ4n) is 2.10. The summed E-state index contributed by atoms with van der Waals surface area (Å²) in [6, 6.07) is 9.32. The highest BCUT2D eigenvalue weighted by Gasteiger charge is 2.12. The van der Waals surface area contributed by atoms with Crippen LogP contribution in [-0.2, 0) is 11.8 Å². The molecule has 19 heavy (non-hydrogen) atoms. The van der Waals surface area contributed by atoms with Gasteiger partial charge in [-0.25, -0.2) is 4.98 Å². The number of rotatable bonds is 2. The van der Waals surface area contributed by atoms with Crippen LogP contribution < -0.4 is 5.32 Å². The van der Waals surface area contributed by atoms with Gasteiger partial charge in [0.25, 0.3) is 0 Å². The van der Waals surface area contributed by atoms with Crippen LogP contribution in [0.15, 0.2) is 41.0 Å². The van der Waals surface area contributed by atoms with Crippen molar-refractivity contribution < 1.29 is 9.21 Å². The van der Waals surface area contributed by atoms with Gasteiger partial charge in [0.15, 0.2) is 11.6 Å². The first kappa shape index (κ1) is 11.5. The molecule has 0 aliphatic heterocycles. The highest BCUT2D eigenvalue weighted by atomic mass is 16.3. The molecule has 0 saturated heterocycles. The summed E-state index contributed by atoms with van der Waals surface area (Å²) < 4.78 is 7.32. The van der Waals surface area contributed by atoms with Crippen molar-refractivity contribution in [3.05, 3.63) is 36.6 Å². The van der Waals surface area contributed by atoms with E-state index in [1.165, 1.54) is 6.92 Å². The van der Waals surface area contributed by atoms with E-state index >= 15 is 0 Å². The molecule has 0 unspecified atom stereocenters. The second kappa shape index (κ2) is 4.28. The van der Waals surface area contributed by atoms with Gasteiger partial charge in [0.2, 0.25) is 5.91 Å². The Balaban J connectivity index is 2.13. The third-order valence-electron chi connectivity index (χ3n) is 2.94. The lowest BCUT2D eigenvalue weighted by molar-refractivity contribution is -0.114. The van der Waals surface area contributed by atoms with Crippen molar-refractivity contribution in [3.8, 4) is 11.6 Å². The van der Waals surface area contributed by atoms with Gasteiger partial charge in [0.05, 0.1) is 17.3 Å². The minimum absolute atomic E-state index is 0.0900. The van der Waals surface area contributed by atoms with E-state index in [1.807, 2.05) is 41.9 Å². The molecule has 0 atom stereocenters. The Bertz CT molecular complexity index is 741.